The Bertz CT molecular complexity index is 1050. The van der Waals surface area contributed by atoms with Crippen molar-refractivity contribution in [2.24, 2.45) is 0 Å². The molecule has 2 aromatic heterocycles. The highest BCUT2D eigenvalue weighted by Crippen LogP contribution is 2.36. The molecule has 0 radical (unpaired) electrons. The largest absolute Gasteiger partial charge is 0.444 e. The molecule has 168 valence electrons. The maximum absolute atomic E-state index is 13.2. The van der Waals surface area contributed by atoms with E-state index in [4.69, 9.17) is 17.0 Å². The number of rotatable bonds is 3. The fourth-order valence-corrected chi connectivity index (χ4v) is 5.16. The van der Waals surface area contributed by atoms with Gasteiger partial charge in [-0.05, 0) is 64.0 Å². The number of likely N-dealkylation sites (tertiary alicyclic amines) is 1. The van der Waals surface area contributed by atoms with Crippen LogP contribution in [0.4, 0.5) is 4.79 Å². The summed E-state index contributed by atoms with van der Waals surface area (Å²) in [6, 6.07) is 9.56. The maximum Gasteiger partial charge on any atom is 0.410 e. The van der Waals surface area contributed by atoms with Gasteiger partial charge in [-0.1, -0.05) is 30.0 Å². The second kappa shape index (κ2) is 9.07. The standard InChI is InChI=1S/C23H26N4O3S2/c1-23(2,3)30-21(29)25-13-9-16(10-14-25)27-20(28)18(32-22(27)31)15-17-7-6-12-26(17)19-8-4-5-11-24-19/h4-8,11-12,15-16H,9-10,13-14H2,1-3H3/b18-15-. The molecular weight excluding hydrogens is 444 g/mol. The Morgan fingerprint density at radius 1 is 1.22 bits per heavy atom. The molecule has 9 heteroatoms. The zero-order valence-electron chi connectivity index (χ0n) is 18.4. The predicted molar refractivity (Wildman–Crippen MR) is 129 cm³/mol. The topological polar surface area (TPSA) is 67.7 Å². The van der Waals surface area contributed by atoms with Crippen molar-refractivity contribution in [3.63, 3.8) is 0 Å². The molecule has 0 N–H and O–H groups in total. The SMILES string of the molecule is CC(C)(C)OC(=O)N1CCC(N2C(=O)/C(=C/c3cccn3-c3ccccn3)SC2=S)CC1. The van der Waals surface area contributed by atoms with Crippen LogP contribution in [0.1, 0.15) is 39.3 Å². The molecular formula is C23H26N4O3S2. The monoisotopic (exact) mass is 470 g/mol. The van der Waals surface area contributed by atoms with Crippen LogP contribution in [0.25, 0.3) is 11.9 Å². The number of aromatic nitrogens is 2. The van der Waals surface area contributed by atoms with Gasteiger partial charge in [0.1, 0.15) is 15.7 Å². The molecule has 2 aliphatic heterocycles. The van der Waals surface area contributed by atoms with Gasteiger partial charge in [-0.15, -0.1) is 0 Å². The summed E-state index contributed by atoms with van der Waals surface area (Å²) in [5.74, 6) is 0.707. The molecule has 0 aromatic carbocycles. The lowest BCUT2D eigenvalue weighted by atomic mass is 10.0. The number of carbonyl (C=O) groups is 2. The van der Waals surface area contributed by atoms with Crippen molar-refractivity contribution in [1.82, 2.24) is 19.4 Å². The van der Waals surface area contributed by atoms with E-state index in [0.717, 1.165) is 11.5 Å². The predicted octanol–water partition coefficient (Wildman–Crippen LogP) is 4.47. The smallest absolute Gasteiger partial charge is 0.410 e. The molecule has 7 nitrogen and oxygen atoms in total. The molecule has 0 spiro atoms. The lowest BCUT2D eigenvalue weighted by Gasteiger charge is -2.36. The van der Waals surface area contributed by atoms with Gasteiger partial charge in [-0.25, -0.2) is 9.78 Å². The van der Waals surface area contributed by atoms with Gasteiger partial charge < -0.3 is 14.2 Å². The molecule has 0 aliphatic carbocycles. The Balaban J connectivity index is 1.45. The van der Waals surface area contributed by atoms with Gasteiger partial charge in [0.05, 0.1) is 4.91 Å². The molecule has 32 heavy (non-hydrogen) atoms. The summed E-state index contributed by atoms with van der Waals surface area (Å²) in [6.07, 6.45) is 6.55. The van der Waals surface area contributed by atoms with Gasteiger partial charge in [0, 0.05) is 37.2 Å². The highest BCUT2D eigenvalue weighted by atomic mass is 32.2. The molecule has 4 rings (SSSR count). The zero-order chi connectivity index (χ0) is 22.9. The summed E-state index contributed by atoms with van der Waals surface area (Å²) in [5, 5.41) is 0. The molecule has 0 atom stereocenters. The van der Waals surface area contributed by atoms with E-state index in [9.17, 15) is 9.59 Å². The van der Waals surface area contributed by atoms with Gasteiger partial charge in [0.15, 0.2) is 0 Å². The number of thioether (sulfide) groups is 1. The van der Waals surface area contributed by atoms with Crippen LogP contribution in [0, 0.1) is 0 Å². The van der Waals surface area contributed by atoms with Gasteiger partial charge in [0.25, 0.3) is 5.91 Å². The first-order chi connectivity index (χ1) is 15.2. The Morgan fingerprint density at radius 2 is 1.97 bits per heavy atom. The molecule has 0 saturated carbocycles. The quantitative estimate of drug-likeness (QED) is 0.487. The van der Waals surface area contributed by atoms with Crippen molar-refractivity contribution in [2.75, 3.05) is 13.1 Å². The van der Waals surface area contributed by atoms with E-state index >= 15 is 0 Å². The van der Waals surface area contributed by atoms with Crippen molar-refractivity contribution >= 4 is 46.4 Å². The number of piperidine rings is 1. The first-order valence-corrected chi connectivity index (χ1v) is 11.8. The summed E-state index contributed by atoms with van der Waals surface area (Å²) in [5.41, 5.74) is 0.341. The first kappa shape index (κ1) is 22.5. The minimum absolute atomic E-state index is 0.0188. The summed E-state index contributed by atoms with van der Waals surface area (Å²) in [4.78, 5) is 33.9. The summed E-state index contributed by atoms with van der Waals surface area (Å²) >= 11 is 6.88. The second-order valence-corrected chi connectivity index (χ2v) is 10.4. The number of hydrogen-bond acceptors (Lipinski definition) is 6. The fraction of sp³-hybridized carbons (Fsp3) is 0.391. The van der Waals surface area contributed by atoms with E-state index < -0.39 is 5.60 Å². The number of amides is 2. The molecule has 0 unspecified atom stereocenters. The van der Waals surface area contributed by atoms with Crippen LogP contribution in [0.3, 0.4) is 0 Å². The number of thiocarbonyl (C=S) groups is 1. The van der Waals surface area contributed by atoms with Crippen molar-refractivity contribution in [2.45, 2.75) is 45.3 Å². The van der Waals surface area contributed by atoms with Gasteiger partial charge >= 0.3 is 6.09 Å². The number of carbonyl (C=O) groups excluding carboxylic acids is 2. The van der Waals surface area contributed by atoms with Crippen LogP contribution in [-0.2, 0) is 9.53 Å². The average Bonchev–Trinajstić information content (AvgIpc) is 3.32. The highest BCUT2D eigenvalue weighted by molar-refractivity contribution is 8.26. The third-order valence-electron chi connectivity index (χ3n) is 5.26. The molecule has 2 aliphatic rings. The van der Waals surface area contributed by atoms with Crippen molar-refractivity contribution in [3.8, 4) is 5.82 Å². The van der Waals surface area contributed by atoms with E-state index in [1.165, 1.54) is 11.8 Å². The van der Waals surface area contributed by atoms with Gasteiger partial charge in [0.2, 0.25) is 0 Å². The minimum atomic E-state index is -0.524. The Hall–Kier alpha value is -2.65. The van der Waals surface area contributed by atoms with Crippen LogP contribution < -0.4 is 0 Å². The number of pyridine rings is 1. The van der Waals surface area contributed by atoms with Crippen LogP contribution >= 0.6 is 24.0 Å². The number of nitrogens with zero attached hydrogens (tertiary/aromatic N) is 4. The van der Waals surface area contributed by atoms with E-state index in [1.54, 1.807) is 16.0 Å². The van der Waals surface area contributed by atoms with E-state index in [0.29, 0.717) is 35.2 Å². The van der Waals surface area contributed by atoms with Gasteiger partial charge in [-0.3, -0.25) is 9.69 Å². The molecule has 4 heterocycles. The fourth-order valence-electron chi connectivity index (χ4n) is 3.78. The normalized spacial score (nSPS) is 19.2. The third-order valence-corrected chi connectivity index (χ3v) is 6.59. The first-order valence-electron chi connectivity index (χ1n) is 10.6. The summed E-state index contributed by atoms with van der Waals surface area (Å²) < 4.78 is 7.96. The van der Waals surface area contributed by atoms with Crippen molar-refractivity contribution < 1.29 is 14.3 Å². The third kappa shape index (κ3) is 4.88. The number of ether oxygens (including phenoxy) is 1. The maximum atomic E-state index is 13.2. The number of hydrogen-bond donors (Lipinski definition) is 0. The Labute approximate surface area is 197 Å². The van der Waals surface area contributed by atoms with Crippen molar-refractivity contribution in [3.05, 3.63) is 53.3 Å². The molecule has 2 saturated heterocycles. The average molecular weight is 471 g/mol. The second-order valence-electron chi connectivity index (χ2n) is 8.74. The van der Waals surface area contributed by atoms with E-state index in [-0.39, 0.29) is 18.0 Å². The molecule has 2 fully saturated rings. The summed E-state index contributed by atoms with van der Waals surface area (Å²) in [6.45, 7) is 6.65. The highest BCUT2D eigenvalue weighted by Gasteiger charge is 2.39. The molecule has 0 bridgehead atoms. The van der Waals surface area contributed by atoms with Crippen LogP contribution in [-0.4, -0.2) is 60.4 Å². The van der Waals surface area contributed by atoms with Gasteiger partial charge in [-0.2, -0.15) is 0 Å². The molecule has 2 amide bonds. The van der Waals surface area contributed by atoms with E-state index in [2.05, 4.69) is 4.98 Å². The van der Waals surface area contributed by atoms with Crippen LogP contribution in [0.5, 0.6) is 0 Å². The molecule has 2 aromatic rings. The summed E-state index contributed by atoms with van der Waals surface area (Å²) in [7, 11) is 0. The lowest BCUT2D eigenvalue weighted by molar-refractivity contribution is -0.124. The Kier molecular flexibility index (Phi) is 6.39. The van der Waals surface area contributed by atoms with E-state index in [1.807, 2.05) is 67.9 Å². The Morgan fingerprint density at radius 3 is 2.62 bits per heavy atom. The van der Waals surface area contributed by atoms with Crippen LogP contribution in [0.2, 0.25) is 0 Å². The minimum Gasteiger partial charge on any atom is -0.444 e. The van der Waals surface area contributed by atoms with Crippen LogP contribution in [0.15, 0.2) is 47.6 Å². The zero-order valence-corrected chi connectivity index (χ0v) is 20.0. The van der Waals surface area contributed by atoms with Crippen molar-refractivity contribution in [1.29, 1.82) is 0 Å². The lowest BCUT2D eigenvalue weighted by Crippen LogP contribution is -2.49.